The minimum atomic E-state index is -0.465. The van der Waals surface area contributed by atoms with E-state index in [1.165, 1.54) is 5.56 Å². The molecule has 1 fully saturated rings. The fourth-order valence-corrected chi connectivity index (χ4v) is 3.52. The van der Waals surface area contributed by atoms with Gasteiger partial charge in [-0.15, -0.1) is 0 Å². The van der Waals surface area contributed by atoms with Gasteiger partial charge >= 0.3 is 0 Å². The van der Waals surface area contributed by atoms with E-state index in [9.17, 15) is 0 Å². The smallest absolute Gasteiger partial charge is 0.160 e. The van der Waals surface area contributed by atoms with Crippen molar-refractivity contribution >= 4 is 0 Å². The van der Waals surface area contributed by atoms with E-state index in [4.69, 9.17) is 9.47 Å². The fraction of sp³-hybridized carbons (Fsp3) is 0.450. The third-order valence-electron chi connectivity index (χ3n) is 4.92. The van der Waals surface area contributed by atoms with Crippen molar-refractivity contribution in [3.8, 4) is 5.75 Å². The number of methoxy groups -OCH3 is 2. The summed E-state index contributed by atoms with van der Waals surface area (Å²) in [6.07, 6.45) is 9.51. The van der Waals surface area contributed by atoms with Crippen LogP contribution in [0.1, 0.15) is 5.56 Å². The molecule has 1 N–H and O–H groups in total. The number of hydrogen-bond donors (Lipinski definition) is 1. The predicted molar refractivity (Wildman–Crippen MR) is 96.9 cm³/mol. The van der Waals surface area contributed by atoms with Gasteiger partial charge in [-0.05, 0) is 49.1 Å². The first kappa shape index (κ1) is 17.2. The van der Waals surface area contributed by atoms with Gasteiger partial charge < -0.3 is 14.8 Å². The van der Waals surface area contributed by atoms with Crippen molar-refractivity contribution in [2.45, 2.75) is 18.2 Å². The van der Waals surface area contributed by atoms with Crippen LogP contribution in [-0.2, 0) is 11.2 Å². The van der Waals surface area contributed by atoms with E-state index in [-0.39, 0.29) is 5.92 Å². The molecule has 1 saturated heterocycles. The number of nitrogens with one attached hydrogen (secondary N) is 1. The van der Waals surface area contributed by atoms with Gasteiger partial charge in [-0.25, -0.2) is 0 Å². The van der Waals surface area contributed by atoms with Crippen molar-refractivity contribution in [2.75, 3.05) is 33.9 Å². The Bertz CT molecular complexity index is 580. The van der Waals surface area contributed by atoms with Crippen molar-refractivity contribution < 1.29 is 9.47 Å². The van der Waals surface area contributed by atoms with Crippen LogP contribution >= 0.6 is 0 Å². The second-order valence-corrected chi connectivity index (χ2v) is 6.44. The molecule has 0 amide bonds. The molecular weight excluding hydrogens is 300 g/mol. The zero-order valence-electron chi connectivity index (χ0n) is 14.6. The minimum absolute atomic E-state index is 0.219. The van der Waals surface area contributed by atoms with Crippen molar-refractivity contribution in [3.05, 3.63) is 61.1 Å². The molecule has 2 aliphatic rings. The zero-order valence-corrected chi connectivity index (χ0v) is 14.6. The van der Waals surface area contributed by atoms with Crippen molar-refractivity contribution in [3.63, 3.8) is 0 Å². The highest BCUT2D eigenvalue weighted by molar-refractivity contribution is 5.29. The molecule has 1 unspecified atom stereocenters. The molecule has 4 heteroatoms. The van der Waals surface area contributed by atoms with Crippen LogP contribution in [-0.4, -0.2) is 50.5 Å². The van der Waals surface area contributed by atoms with Crippen LogP contribution in [0.4, 0.5) is 0 Å². The summed E-state index contributed by atoms with van der Waals surface area (Å²) < 4.78 is 11.2. The first-order chi connectivity index (χ1) is 11.7. The molecule has 1 heterocycles. The maximum Gasteiger partial charge on any atom is 0.160 e. The number of hydrogen-bond acceptors (Lipinski definition) is 4. The number of benzene rings is 1. The lowest BCUT2D eigenvalue weighted by Crippen LogP contribution is -2.61. The number of rotatable bonds is 5. The molecule has 1 aliphatic heterocycles. The second kappa shape index (κ2) is 7.51. The molecular formula is C20H27N2O2. The summed E-state index contributed by atoms with van der Waals surface area (Å²) >= 11 is 0. The van der Waals surface area contributed by atoms with Crippen LogP contribution in [0.2, 0.25) is 0 Å². The van der Waals surface area contributed by atoms with Gasteiger partial charge in [0.05, 0.1) is 7.11 Å². The van der Waals surface area contributed by atoms with Gasteiger partial charge in [0.25, 0.3) is 0 Å². The molecule has 0 saturated carbocycles. The molecule has 3 rings (SSSR count). The van der Waals surface area contributed by atoms with E-state index >= 15 is 0 Å². The Morgan fingerprint density at radius 3 is 2.54 bits per heavy atom. The van der Waals surface area contributed by atoms with Crippen molar-refractivity contribution in [1.29, 1.82) is 0 Å². The highest BCUT2D eigenvalue weighted by atomic mass is 16.5. The first-order valence-electron chi connectivity index (χ1n) is 8.54. The molecule has 0 bridgehead atoms. The number of allylic oxidation sites excluding steroid dienone is 2. The molecule has 1 aliphatic carbocycles. The van der Waals surface area contributed by atoms with E-state index in [0.29, 0.717) is 6.04 Å². The standard InChI is InChI=1S/C20H27N2O2/c1-16-8-10-20(24-3,11-9-16)22-13-12-21-15-18(22)14-17-4-6-19(23-2)7-5-17/h4-11,16,18,21H,1,12-15H2,2-3H3. The van der Waals surface area contributed by atoms with E-state index in [1.807, 2.05) is 12.1 Å². The third-order valence-corrected chi connectivity index (χ3v) is 4.92. The lowest BCUT2D eigenvalue weighted by atomic mass is 9.94. The Balaban J connectivity index is 1.79. The maximum absolute atomic E-state index is 5.95. The summed E-state index contributed by atoms with van der Waals surface area (Å²) in [5.41, 5.74) is 0.840. The van der Waals surface area contributed by atoms with Crippen LogP contribution in [0.3, 0.4) is 0 Å². The SMILES string of the molecule is [CH2]C1C=CC(OC)(N2CCNCC2Cc2ccc(OC)cc2)C=C1. The lowest BCUT2D eigenvalue weighted by Gasteiger charge is -2.47. The largest absolute Gasteiger partial charge is 0.497 e. The summed E-state index contributed by atoms with van der Waals surface area (Å²) in [5.74, 6) is 1.11. The van der Waals surface area contributed by atoms with E-state index < -0.39 is 5.72 Å². The zero-order chi connectivity index (χ0) is 17.0. The molecule has 129 valence electrons. The molecule has 1 atom stereocenters. The lowest BCUT2D eigenvalue weighted by molar-refractivity contribution is -0.0917. The number of ether oxygens (including phenoxy) is 2. The summed E-state index contributed by atoms with van der Waals surface area (Å²) in [5, 5.41) is 3.51. The maximum atomic E-state index is 5.95. The molecule has 1 radical (unpaired) electrons. The van der Waals surface area contributed by atoms with Crippen molar-refractivity contribution in [2.24, 2.45) is 5.92 Å². The third kappa shape index (κ3) is 3.56. The first-order valence-corrected chi connectivity index (χ1v) is 8.54. The molecule has 24 heavy (non-hydrogen) atoms. The van der Waals surface area contributed by atoms with Crippen LogP contribution in [0.25, 0.3) is 0 Å². The monoisotopic (exact) mass is 327 g/mol. The highest BCUT2D eigenvalue weighted by Crippen LogP contribution is 2.30. The van der Waals surface area contributed by atoms with E-state index in [2.05, 4.69) is 53.6 Å². The van der Waals surface area contributed by atoms with Gasteiger partial charge in [-0.1, -0.05) is 24.3 Å². The highest BCUT2D eigenvalue weighted by Gasteiger charge is 2.39. The van der Waals surface area contributed by atoms with Crippen LogP contribution < -0.4 is 10.1 Å². The Kier molecular flexibility index (Phi) is 5.39. The van der Waals surface area contributed by atoms with Gasteiger partial charge in [0.2, 0.25) is 0 Å². The minimum Gasteiger partial charge on any atom is -0.497 e. The summed E-state index contributed by atoms with van der Waals surface area (Å²) in [6.45, 7) is 6.95. The van der Waals surface area contributed by atoms with Gasteiger partial charge in [0.15, 0.2) is 5.72 Å². The van der Waals surface area contributed by atoms with Crippen LogP contribution in [0.15, 0.2) is 48.6 Å². The Labute approximate surface area is 145 Å². The average Bonchev–Trinajstić information content (AvgIpc) is 2.64. The van der Waals surface area contributed by atoms with Gasteiger partial charge in [-0.2, -0.15) is 0 Å². The summed E-state index contributed by atoms with van der Waals surface area (Å²) in [7, 11) is 3.48. The Hall–Kier alpha value is -1.62. The number of piperazine rings is 1. The molecule has 1 aromatic rings. The van der Waals surface area contributed by atoms with Gasteiger partial charge in [0, 0.05) is 32.8 Å². The average molecular weight is 327 g/mol. The molecule has 4 nitrogen and oxygen atoms in total. The quantitative estimate of drug-likeness (QED) is 0.842. The normalized spacial score (nSPS) is 30.5. The summed E-state index contributed by atoms with van der Waals surface area (Å²) in [4.78, 5) is 2.45. The molecule has 1 aromatic carbocycles. The fourth-order valence-electron chi connectivity index (χ4n) is 3.52. The van der Waals surface area contributed by atoms with Crippen LogP contribution in [0, 0.1) is 12.8 Å². The van der Waals surface area contributed by atoms with E-state index in [0.717, 1.165) is 31.8 Å². The summed E-state index contributed by atoms with van der Waals surface area (Å²) in [6, 6.07) is 8.70. The van der Waals surface area contributed by atoms with E-state index in [1.54, 1.807) is 14.2 Å². The topological polar surface area (TPSA) is 33.7 Å². The Morgan fingerprint density at radius 2 is 1.92 bits per heavy atom. The van der Waals surface area contributed by atoms with Gasteiger partial charge in [0.1, 0.15) is 5.75 Å². The van der Waals surface area contributed by atoms with Crippen LogP contribution in [0.5, 0.6) is 5.75 Å². The predicted octanol–water partition coefficient (Wildman–Crippen LogP) is 2.43. The molecule has 0 aromatic heterocycles. The van der Waals surface area contributed by atoms with Gasteiger partial charge in [-0.3, -0.25) is 4.90 Å². The molecule has 0 spiro atoms. The van der Waals surface area contributed by atoms with Crippen molar-refractivity contribution in [1.82, 2.24) is 10.2 Å². The number of nitrogens with zero attached hydrogens (tertiary/aromatic N) is 1. The second-order valence-electron chi connectivity index (χ2n) is 6.44. The Morgan fingerprint density at radius 1 is 1.21 bits per heavy atom.